The van der Waals surface area contributed by atoms with Gasteiger partial charge in [0.15, 0.2) is 5.69 Å². The lowest BCUT2D eigenvalue weighted by Gasteiger charge is -1.99. The maximum atomic E-state index is 12.0. The Hall–Kier alpha value is -2.63. The summed E-state index contributed by atoms with van der Waals surface area (Å²) in [6.07, 6.45) is 0. The van der Waals surface area contributed by atoms with Crippen molar-refractivity contribution in [3.8, 4) is 0 Å². The van der Waals surface area contributed by atoms with Gasteiger partial charge in [-0.3, -0.25) is 4.79 Å². The largest absolute Gasteiger partial charge is 0.476 e. The highest BCUT2D eigenvalue weighted by atomic mass is 16.5. The summed E-state index contributed by atoms with van der Waals surface area (Å²) in [7, 11) is 0. The van der Waals surface area contributed by atoms with Crippen LogP contribution >= 0.6 is 0 Å². The molecule has 0 unspecified atom stereocenters. The first-order chi connectivity index (χ1) is 8.50. The summed E-state index contributed by atoms with van der Waals surface area (Å²) in [4.78, 5) is 34.2. The predicted molar refractivity (Wildman–Crippen MR) is 60.9 cm³/mol. The van der Waals surface area contributed by atoms with Gasteiger partial charge in [0, 0.05) is 5.56 Å². The molecule has 2 N–H and O–H groups in total. The maximum Gasteiger partial charge on any atom is 0.369 e. The lowest BCUT2D eigenvalue weighted by Crippen LogP contribution is -2.15. The van der Waals surface area contributed by atoms with Crippen molar-refractivity contribution in [1.82, 2.24) is 5.16 Å². The summed E-state index contributed by atoms with van der Waals surface area (Å²) >= 11 is 0. The van der Waals surface area contributed by atoms with Gasteiger partial charge in [0.05, 0.1) is 0 Å². The zero-order valence-electron chi connectivity index (χ0n) is 9.39. The molecule has 0 bridgehead atoms. The van der Waals surface area contributed by atoms with E-state index >= 15 is 0 Å². The number of benzene rings is 1. The Kier molecular flexibility index (Phi) is 2.85. The van der Waals surface area contributed by atoms with Gasteiger partial charge in [-0.15, -0.1) is 0 Å². The van der Waals surface area contributed by atoms with Crippen LogP contribution in [0.25, 0.3) is 0 Å². The third-order valence-corrected chi connectivity index (χ3v) is 2.45. The molecule has 6 heteroatoms. The second kappa shape index (κ2) is 4.33. The number of carbonyl (C=O) groups excluding carboxylic acids is 1. The smallest absolute Gasteiger partial charge is 0.369 e. The number of carbonyl (C=O) groups is 2. The standard InChI is InChI=1S/C12H9NO5/c1-6-2-4-7(5-3-6)10(14)8-9(11(15)16)13-18-12(8)17/h2-5,13H,1H3,(H,15,16). The molecule has 18 heavy (non-hydrogen) atoms. The van der Waals surface area contributed by atoms with Crippen molar-refractivity contribution in [1.29, 1.82) is 0 Å². The molecule has 0 atom stereocenters. The van der Waals surface area contributed by atoms with E-state index in [9.17, 15) is 14.4 Å². The number of carboxylic acid groups (broad SMARTS) is 1. The summed E-state index contributed by atoms with van der Waals surface area (Å²) in [6, 6.07) is 6.44. The van der Waals surface area contributed by atoms with Crippen molar-refractivity contribution in [2.45, 2.75) is 6.92 Å². The molecule has 0 aliphatic rings. The number of aromatic carboxylic acids is 1. The molecule has 2 rings (SSSR count). The first-order valence-electron chi connectivity index (χ1n) is 5.07. The number of nitrogens with one attached hydrogen (secondary N) is 1. The lowest BCUT2D eigenvalue weighted by molar-refractivity contribution is 0.0682. The fourth-order valence-corrected chi connectivity index (χ4v) is 1.51. The number of hydrogen-bond acceptors (Lipinski definition) is 4. The summed E-state index contributed by atoms with van der Waals surface area (Å²) in [5.41, 5.74) is -0.837. The number of rotatable bonds is 3. The quantitative estimate of drug-likeness (QED) is 0.794. The Bertz CT molecular complexity index is 663. The zero-order valence-corrected chi connectivity index (χ0v) is 9.39. The van der Waals surface area contributed by atoms with E-state index < -0.39 is 28.6 Å². The Morgan fingerprint density at radius 2 is 1.83 bits per heavy atom. The van der Waals surface area contributed by atoms with Crippen LogP contribution in [0.15, 0.2) is 33.6 Å². The molecule has 2 aromatic rings. The number of aromatic amines is 1. The fraction of sp³-hybridized carbons (Fsp3) is 0.0833. The summed E-state index contributed by atoms with van der Waals surface area (Å²) in [5, 5.41) is 10.8. The van der Waals surface area contributed by atoms with E-state index in [4.69, 9.17) is 5.11 Å². The Morgan fingerprint density at radius 3 is 2.39 bits per heavy atom. The van der Waals surface area contributed by atoms with Gasteiger partial charge in [-0.1, -0.05) is 29.8 Å². The molecule has 0 spiro atoms. The molecule has 0 fully saturated rings. The van der Waals surface area contributed by atoms with E-state index in [1.54, 1.807) is 12.1 Å². The second-order valence-corrected chi connectivity index (χ2v) is 3.74. The SMILES string of the molecule is Cc1ccc(C(=O)c2c(C(=O)O)[nH]oc2=O)cc1. The Balaban J connectivity index is 2.52. The van der Waals surface area contributed by atoms with Crippen LogP contribution in [0.5, 0.6) is 0 Å². The molecule has 0 saturated heterocycles. The highest BCUT2D eigenvalue weighted by molar-refractivity contribution is 6.13. The van der Waals surface area contributed by atoms with Crippen molar-refractivity contribution in [3.63, 3.8) is 0 Å². The van der Waals surface area contributed by atoms with Crippen molar-refractivity contribution >= 4 is 11.8 Å². The first kappa shape index (κ1) is 11.8. The summed E-state index contributed by atoms with van der Waals surface area (Å²) in [6.45, 7) is 1.85. The topological polar surface area (TPSA) is 100 Å². The number of hydrogen-bond donors (Lipinski definition) is 2. The molecule has 1 aromatic heterocycles. The molecule has 1 aromatic carbocycles. The van der Waals surface area contributed by atoms with Gasteiger partial charge in [-0.2, -0.15) is 0 Å². The molecule has 1 heterocycles. The van der Waals surface area contributed by atoms with Gasteiger partial charge < -0.3 is 9.63 Å². The monoisotopic (exact) mass is 247 g/mol. The van der Waals surface area contributed by atoms with E-state index in [-0.39, 0.29) is 5.56 Å². The van der Waals surface area contributed by atoms with Crippen LogP contribution < -0.4 is 5.63 Å². The third kappa shape index (κ3) is 1.95. The maximum absolute atomic E-state index is 12.0. The van der Waals surface area contributed by atoms with Crippen LogP contribution in [0.4, 0.5) is 0 Å². The first-order valence-corrected chi connectivity index (χ1v) is 5.07. The average Bonchev–Trinajstić information content (AvgIpc) is 2.71. The number of aryl methyl sites for hydroxylation is 1. The molecule has 92 valence electrons. The van der Waals surface area contributed by atoms with E-state index in [2.05, 4.69) is 4.52 Å². The molecule has 0 saturated carbocycles. The van der Waals surface area contributed by atoms with E-state index in [0.29, 0.717) is 0 Å². The molecule has 0 aliphatic heterocycles. The van der Waals surface area contributed by atoms with Crippen molar-refractivity contribution < 1.29 is 19.2 Å². The van der Waals surface area contributed by atoms with Gasteiger partial charge >= 0.3 is 11.6 Å². The van der Waals surface area contributed by atoms with Crippen LogP contribution in [-0.4, -0.2) is 22.0 Å². The van der Waals surface area contributed by atoms with Crippen LogP contribution in [0.1, 0.15) is 32.0 Å². The fourth-order valence-electron chi connectivity index (χ4n) is 1.51. The van der Waals surface area contributed by atoms with Gasteiger partial charge in [0.1, 0.15) is 5.56 Å². The van der Waals surface area contributed by atoms with Gasteiger partial charge in [-0.25, -0.2) is 14.7 Å². The molecule has 0 amide bonds. The molecule has 0 aliphatic carbocycles. The van der Waals surface area contributed by atoms with Gasteiger partial charge in [0.2, 0.25) is 5.78 Å². The highest BCUT2D eigenvalue weighted by Gasteiger charge is 2.25. The van der Waals surface area contributed by atoms with Gasteiger partial charge in [0.25, 0.3) is 0 Å². The normalized spacial score (nSPS) is 10.3. The van der Waals surface area contributed by atoms with Crippen LogP contribution in [0.3, 0.4) is 0 Å². The summed E-state index contributed by atoms with van der Waals surface area (Å²) < 4.78 is 4.34. The van der Waals surface area contributed by atoms with Crippen molar-refractivity contribution in [2.75, 3.05) is 0 Å². The Morgan fingerprint density at radius 1 is 1.22 bits per heavy atom. The van der Waals surface area contributed by atoms with E-state index in [0.717, 1.165) is 5.56 Å². The highest BCUT2D eigenvalue weighted by Crippen LogP contribution is 2.11. The predicted octanol–water partition coefficient (Wildman–Crippen LogP) is 1.21. The lowest BCUT2D eigenvalue weighted by atomic mass is 10.0. The number of H-pyrrole nitrogens is 1. The van der Waals surface area contributed by atoms with Gasteiger partial charge in [-0.05, 0) is 6.92 Å². The molecular weight excluding hydrogens is 238 g/mol. The number of carboxylic acids is 1. The minimum absolute atomic E-state index is 0.231. The molecule has 0 radical (unpaired) electrons. The number of aromatic nitrogens is 1. The van der Waals surface area contributed by atoms with E-state index in [1.807, 2.05) is 12.1 Å². The van der Waals surface area contributed by atoms with E-state index in [1.165, 1.54) is 12.1 Å². The second-order valence-electron chi connectivity index (χ2n) is 3.74. The van der Waals surface area contributed by atoms with Crippen molar-refractivity contribution in [3.05, 3.63) is 57.1 Å². The van der Waals surface area contributed by atoms with Crippen LogP contribution in [-0.2, 0) is 0 Å². The zero-order chi connectivity index (χ0) is 13.3. The minimum atomic E-state index is -1.42. The summed E-state index contributed by atoms with van der Waals surface area (Å²) in [5.74, 6) is -2.10. The van der Waals surface area contributed by atoms with Crippen molar-refractivity contribution in [2.24, 2.45) is 0 Å². The Labute approximate surface area is 101 Å². The average molecular weight is 247 g/mol. The van der Waals surface area contributed by atoms with Crippen LogP contribution in [0.2, 0.25) is 0 Å². The minimum Gasteiger partial charge on any atom is -0.476 e. The third-order valence-electron chi connectivity index (χ3n) is 2.45. The van der Waals surface area contributed by atoms with Crippen LogP contribution in [0, 0.1) is 6.92 Å². The number of ketones is 1. The molecule has 6 nitrogen and oxygen atoms in total. The molecular formula is C12H9NO5.